The van der Waals surface area contributed by atoms with Gasteiger partial charge in [-0.05, 0) is 38.3 Å². The summed E-state index contributed by atoms with van der Waals surface area (Å²) in [5.74, 6) is 0.308. The molecule has 2 aromatic heterocycles. The van der Waals surface area contributed by atoms with Gasteiger partial charge in [-0.1, -0.05) is 23.8 Å². The van der Waals surface area contributed by atoms with Crippen LogP contribution in [0.2, 0.25) is 0 Å². The Hall–Kier alpha value is -2.47. The molecule has 2 N–H and O–H groups in total. The SMILES string of the molecule is Cc1ccc(-c2csc3nc(C)n(CCCC(N)=O)c(=O)c23)c(C)c1. The molecule has 0 bridgehead atoms. The first-order valence-corrected chi connectivity index (χ1v) is 9.11. The molecule has 6 heteroatoms. The Labute approximate surface area is 150 Å². The van der Waals surface area contributed by atoms with E-state index in [0.29, 0.717) is 24.2 Å². The van der Waals surface area contributed by atoms with Crippen LogP contribution < -0.4 is 11.3 Å². The summed E-state index contributed by atoms with van der Waals surface area (Å²) in [6.07, 6.45) is 0.795. The lowest BCUT2D eigenvalue weighted by Gasteiger charge is -2.10. The van der Waals surface area contributed by atoms with Crippen LogP contribution in [0, 0.1) is 20.8 Å². The maximum atomic E-state index is 13.1. The van der Waals surface area contributed by atoms with Crippen molar-refractivity contribution in [3.63, 3.8) is 0 Å². The molecule has 3 aromatic rings. The normalized spacial score (nSPS) is 11.2. The lowest BCUT2D eigenvalue weighted by Crippen LogP contribution is -2.24. The lowest BCUT2D eigenvalue weighted by atomic mass is 9.99. The number of aromatic nitrogens is 2. The molecule has 3 rings (SSSR count). The number of carbonyl (C=O) groups is 1. The molecular weight excluding hydrogens is 334 g/mol. The van der Waals surface area contributed by atoms with E-state index in [1.165, 1.54) is 16.9 Å². The zero-order valence-electron chi connectivity index (χ0n) is 14.6. The summed E-state index contributed by atoms with van der Waals surface area (Å²) in [6.45, 7) is 6.37. The smallest absolute Gasteiger partial charge is 0.262 e. The van der Waals surface area contributed by atoms with E-state index in [2.05, 4.69) is 37.0 Å². The average molecular weight is 355 g/mol. The zero-order valence-corrected chi connectivity index (χ0v) is 15.4. The van der Waals surface area contributed by atoms with Crippen molar-refractivity contribution in [3.05, 3.63) is 50.9 Å². The van der Waals surface area contributed by atoms with Crippen LogP contribution in [0.25, 0.3) is 21.3 Å². The van der Waals surface area contributed by atoms with Crippen LogP contribution in [0.3, 0.4) is 0 Å². The van der Waals surface area contributed by atoms with Crippen molar-refractivity contribution in [2.24, 2.45) is 5.73 Å². The molecule has 130 valence electrons. The predicted molar refractivity (Wildman–Crippen MR) is 102 cm³/mol. The summed E-state index contributed by atoms with van der Waals surface area (Å²) >= 11 is 1.49. The van der Waals surface area contributed by atoms with Crippen molar-refractivity contribution in [2.75, 3.05) is 0 Å². The van der Waals surface area contributed by atoms with Crippen molar-refractivity contribution >= 4 is 27.5 Å². The molecule has 0 aliphatic carbocycles. The van der Waals surface area contributed by atoms with E-state index in [4.69, 9.17) is 5.73 Å². The summed E-state index contributed by atoms with van der Waals surface area (Å²) < 4.78 is 1.64. The van der Waals surface area contributed by atoms with Crippen LogP contribution in [-0.4, -0.2) is 15.5 Å². The minimum absolute atomic E-state index is 0.0526. The topological polar surface area (TPSA) is 78.0 Å². The van der Waals surface area contributed by atoms with Gasteiger partial charge in [-0.3, -0.25) is 14.2 Å². The second-order valence-corrected chi connectivity index (χ2v) is 7.19. The van der Waals surface area contributed by atoms with E-state index in [9.17, 15) is 9.59 Å². The van der Waals surface area contributed by atoms with Gasteiger partial charge < -0.3 is 5.73 Å². The molecule has 5 nitrogen and oxygen atoms in total. The van der Waals surface area contributed by atoms with E-state index < -0.39 is 0 Å². The number of rotatable bonds is 5. The van der Waals surface area contributed by atoms with E-state index in [1.54, 1.807) is 4.57 Å². The Balaban J connectivity index is 2.13. The van der Waals surface area contributed by atoms with Crippen molar-refractivity contribution < 1.29 is 4.79 Å². The highest BCUT2D eigenvalue weighted by Crippen LogP contribution is 2.33. The zero-order chi connectivity index (χ0) is 18.1. The molecule has 1 amide bonds. The highest BCUT2D eigenvalue weighted by atomic mass is 32.1. The fourth-order valence-electron chi connectivity index (χ4n) is 3.11. The third kappa shape index (κ3) is 3.35. The summed E-state index contributed by atoms with van der Waals surface area (Å²) in [5.41, 5.74) is 9.46. The molecule has 2 heterocycles. The van der Waals surface area contributed by atoms with Crippen LogP contribution in [0.4, 0.5) is 0 Å². The Morgan fingerprint density at radius 1 is 1.24 bits per heavy atom. The third-order valence-electron chi connectivity index (χ3n) is 4.36. The van der Waals surface area contributed by atoms with Crippen LogP contribution in [0.5, 0.6) is 0 Å². The summed E-state index contributed by atoms with van der Waals surface area (Å²) in [5, 5.41) is 2.66. The molecule has 0 saturated carbocycles. The highest BCUT2D eigenvalue weighted by molar-refractivity contribution is 7.17. The first-order chi connectivity index (χ1) is 11.9. The summed E-state index contributed by atoms with van der Waals surface area (Å²) in [7, 11) is 0. The average Bonchev–Trinajstić information content (AvgIpc) is 2.94. The first-order valence-electron chi connectivity index (χ1n) is 8.23. The molecule has 0 aliphatic rings. The van der Waals surface area contributed by atoms with E-state index in [0.717, 1.165) is 21.5 Å². The maximum Gasteiger partial charge on any atom is 0.262 e. The minimum Gasteiger partial charge on any atom is -0.370 e. The standard InChI is InChI=1S/C19H21N3O2S/c1-11-6-7-14(12(2)9-11)15-10-25-18-17(15)19(24)22(13(3)21-18)8-4-5-16(20)23/h6-7,9-10H,4-5,8H2,1-3H3,(H2,20,23). The quantitative estimate of drug-likeness (QED) is 0.762. The van der Waals surface area contributed by atoms with Gasteiger partial charge in [0.1, 0.15) is 10.7 Å². The van der Waals surface area contributed by atoms with Crippen LogP contribution in [-0.2, 0) is 11.3 Å². The monoisotopic (exact) mass is 355 g/mol. The van der Waals surface area contributed by atoms with Crippen LogP contribution >= 0.6 is 11.3 Å². The molecule has 0 saturated heterocycles. The van der Waals surface area contributed by atoms with Gasteiger partial charge in [0.05, 0.1) is 5.39 Å². The fraction of sp³-hybridized carbons (Fsp3) is 0.316. The fourth-order valence-corrected chi connectivity index (χ4v) is 4.09. The number of fused-ring (bicyclic) bond motifs is 1. The van der Waals surface area contributed by atoms with Crippen molar-refractivity contribution in [1.82, 2.24) is 9.55 Å². The number of thiophene rings is 1. The predicted octanol–water partition coefficient (Wildman–Crippen LogP) is 3.32. The third-order valence-corrected chi connectivity index (χ3v) is 5.23. The number of hydrogen-bond donors (Lipinski definition) is 1. The Kier molecular flexibility index (Phi) is 4.72. The van der Waals surface area contributed by atoms with Crippen molar-refractivity contribution in [1.29, 1.82) is 0 Å². The second kappa shape index (κ2) is 6.80. The number of carbonyl (C=O) groups excluding carboxylic acids is 1. The van der Waals surface area contributed by atoms with Gasteiger partial charge in [0, 0.05) is 23.9 Å². The van der Waals surface area contributed by atoms with Gasteiger partial charge in [-0.15, -0.1) is 11.3 Å². The number of hydrogen-bond acceptors (Lipinski definition) is 4. The number of benzene rings is 1. The number of nitrogens with zero attached hydrogens (tertiary/aromatic N) is 2. The molecule has 0 unspecified atom stereocenters. The van der Waals surface area contributed by atoms with E-state index >= 15 is 0 Å². The van der Waals surface area contributed by atoms with Crippen LogP contribution in [0.15, 0.2) is 28.4 Å². The molecule has 0 aliphatic heterocycles. The summed E-state index contributed by atoms with van der Waals surface area (Å²) in [6, 6.07) is 6.23. The number of aryl methyl sites for hydroxylation is 3. The first kappa shape index (κ1) is 17.4. The molecule has 0 atom stereocenters. The van der Waals surface area contributed by atoms with Gasteiger partial charge in [0.25, 0.3) is 5.56 Å². The van der Waals surface area contributed by atoms with Gasteiger partial charge in [-0.25, -0.2) is 4.98 Å². The highest BCUT2D eigenvalue weighted by Gasteiger charge is 2.16. The molecule has 0 radical (unpaired) electrons. The van der Waals surface area contributed by atoms with Crippen molar-refractivity contribution in [3.8, 4) is 11.1 Å². The molecule has 0 fully saturated rings. The maximum absolute atomic E-state index is 13.1. The Morgan fingerprint density at radius 2 is 2.00 bits per heavy atom. The molecule has 25 heavy (non-hydrogen) atoms. The molecule has 1 aromatic carbocycles. The molecule has 0 spiro atoms. The number of primary amides is 1. The largest absolute Gasteiger partial charge is 0.370 e. The Bertz CT molecular complexity index is 1020. The van der Waals surface area contributed by atoms with Gasteiger partial charge >= 0.3 is 0 Å². The van der Waals surface area contributed by atoms with E-state index in [1.807, 2.05) is 12.3 Å². The number of amides is 1. The van der Waals surface area contributed by atoms with Crippen molar-refractivity contribution in [2.45, 2.75) is 40.2 Å². The number of nitrogens with two attached hydrogens (primary N) is 1. The van der Waals surface area contributed by atoms with E-state index in [-0.39, 0.29) is 17.9 Å². The Morgan fingerprint density at radius 3 is 2.68 bits per heavy atom. The minimum atomic E-state index is -0.355. The summed E-state index contributed by atoms with van der Waals surface area (Å²) in [4.78, 5) is 29.4. The van der Waals surface area contributed by atoms with Gasteiger partial charge in [0.2, 0.25) is 5.91 Å². The van der Waals surface area contributed by atoms with Gasteiger partial charge in [-0.2, -0.15) is 0 Å². The second-order valence-electron chi connectivity index (χ2n) is 6.33. The van der Waals surface area contributed by atoms with Gasteiger partial charge in [0.15, 0.2) is 0 Å². The lowest BCUT2D eigenvalue weighted by molar-refractivity contribution is -0.118. The van der Waals surface area contributed by atoms with Crippen LogP contribution in [0.1, 0.15) is 29.8 Å². The molecular formula is C19H21N3O2S.